The van der Waals surface area contributed by atoms with Crippen molar-refractivity contribution in [1.82, 2.24) is 0 Å². The van der Waals surface area contributed by atoms with Gasteiger partial charge in [0.1, 0.15) is 5.82 Å². The highest BCUT2D eigenvalue weighted by atomic mass is 79.9. The molecule has 0 fully saturated rings. The van der Waals surface area contributed by atoms with Crippen molar-refractivity contribution in [2.75, 3.05) is 11.9 Å². The average Bonchev–Trinajstić information content (AvgIpc) is 2.39. The predicted molar refractivity (Wildman–Crippen MR) is 80.7 cm³/mol. The molecule has 1 unspecified atom stereocenters. The van der Waals surface area contributed by atoms with Crippen molar-refractivity contribution in [2.24, 2.45) is 5.73 Å². The Morgan fingerprint density at radius 2 is 2.05 bits per heavy atom. The third-order valence-electron chi connectivity index (χ3n) is 2.93. The van der Waals surface area contributed by atoms with Crippen LogP contribution in [0, 0.1) is 12.7 Å². The van der Waals surface area contributed by atoms with Gasteiger partial charge in [-0.2, -0.15) is 0 Å². The highest BCUT2D eigenvalue weighted by Gasteiger charge is 2.14. The molecular weight excluding hydrogens is 307 g/mol. The Labute approximate surface area is 121 Å². The summed E-state index contributed by atoms with van der Waals surface area (Å²) in [7, 11) is 0. The quantitative estimate of drug-likeness (QED) is 0.892. The van der Waals surface area contributed by atoms with Gasteiger partial charge in [0.25, 0.3) is 0 Å². The molecule has 0 saturated carbocycles. The molecule has 2 aromatic carbocycles. The van der Waals surface area contributed by atoms with E-state index in [-0.39, 0.29) is 11.9 Å². The lowest BCUT2D eigenvalue weighted by molar-refractivity contribution is 0.593. The fourth-order valence-corrected chi connectivity index (χ4v) is 2.36. The van der Waals surface area contributed by atoms with E-state index in [0.717, 1.165) is 15.7 Å². The summed E-state index contributed by atoms with van der Waals surface area (Å²) in [5, 5.41) is 3.27. The van der Waals surface area contributed by atoms with E-state index >= 15 is 0 Å². The van der Waals surface area contributed by atoms with Crippen molar-refractivity contribution < 1.29 is 4.39 Å². The molecular formula is C15H16BrFN2. The molecule has 2 nitrogen and oxygen atoms in total. The Morgan fingerprint density at radius 3 is 2.74 bits per heavy atom. The minimum absolute atomic E-state index is 0.251. The van der Waals surface area contributed by atoms with Crippen LogP contribution < -0.4 is 11.1 Å². The maximum absolute atomic E-state index is 13.9. The van der Waals surface area contributed by atoms with Gasteiger partial charge in [-0.25, -0.2) is 4.39 Å². The van der Waals surface area contributed by atoms with Crippen LogP contribution in [-0.2, 0) is 0 Å². The van der Waals surface area contributed by atoms with E-state index in [2.05, 4.69) is 21.2 Å². The second-order valence-corrected chi connectivity index (χ2v) is 5.38. The number of aryl methyl sites for hydroxylation is 1. The third kappa shape index (κ3) is 3.55. The second kappa shape index (κ2) is 6.17. The molecule has 0 amide bonds. The molecule has 4 heteroatoms. The van der Waals surface area contributed by atoms with Crippen molar-refractivity contribution in [2.45, 2.75) is 13.0 Å². The van der Waals surface area contributed by atoms with Gasteiger partial charge in [-0.1, -0.05) is 28.1 Å². The molecule has 0 aliphatic heterocycles. The molecule has 0 heterocycles. The zero-order valence-electron chi connectivity index (χ0n) is 10.7. The van der Waals surface area contributed by atoms with Crippen LogP contribution in [0.3, 0.4) is 0 Å². The van der Waals surface area contributed by atoms with Gasteiger partial charge in [-0.3, -0.25) is 0 Å². The van der Waals surface area contributed by atoms with Crippen LogP contribution in [-0.4, -0.2) is 6.54 Å². The minimum atomic E-state index is -0.251. The van der Waals surface area contributed by atoms with Gasteiger partial charge in [-0.15, -0.1) is 0 Å². The van der Waals surface area contributed by atoms with Crippen LogP contribution in [0.1, 0.15) is 17.2 Å². The summed E-state index contributed by atoms with van der Waals surface area (Å²) in [5.41, 5.74) is 8.42. The van der Waals surface area contributed by atoms with E-state index in [0.29, 0.717) is 12.1 Å². The largest absolute Gasteiger partial charge is 0.377 e. The summed E-state index contributed by atoms with van der Waals surface area (Å²) in [6, 6.07) is 12.6. The summed E-state index contributed by atoms with van der Waals surface area (Å²) in [4.78, 5) is 0. The van der Waals surface area contributed by atoms with E-state index in [4.69, 9.17) is 5.73 Å². The third-order valence-corrected chi connectivity index (χ3v) is 3.42. The van der Waals surface area contributed by atoms with E-state index < -0.39 is 0 Å². The fourth-order valence-electron chi connectivity index (χ4n) is 1.98. The van der Waals surface area contributed by atoms with Gasteiger partial charge >= 0.3 is 0 Å². The molecule has 0 bridgehead atoms. The number of nitrogens with one attached hydrogen (secondary N) is 1. The molecule has 0 spiro atoms. The molecule has 0 aromatic heterocycles. The lowest BCUT2D eigenvalue weighted by Gasteiger charge is -2.19. The maximum Gasteiger partial charge on any atom is 0.128 e. The number of nitrogens with two attached hydrogens (primary N) is 1. The van der Waals surface area contributed by atoms with Gasteiger partial charge < -0.3 is 11.1 Å². The van der Waals surface area contributed by atoms with Gasteiger partial charge in [0, 0.05) is 22.3 Å². The van der Waals surface area contributed by atoms with Gasteiger partial charge in [0.15, 0.2) is 0 Å². The molecule has 100 valence electrons. The number of benzene rings is 2. The summed E-state index contributed by atoms with van der Waals surface area (Å²) >= 11 is 3.36. The van der Waals surface area contributed by atoms with E-state index in [1.165, 1.54) is 6.07 Å². The normalized spacial score (nSPS) is 12.2. The highest BCUT2D eigenvalue weighted by Crippen LogP contribution is 2.24. The Morgan fingerprint density at radius 1 is 1.26 bits per heavy atom. The Kier molecular flexibility index (Phi) is 4.56. The minimum Gasteiger partial charge on any atom is -0.377 e. The first-order valence-corrected chi connectivity index (χ1v) is 6.87. The molecule has 3 N–H and O–H groups in total. The number of rotatable bonds is 4. The molecule has 19 heavy (non-hydrogen) atoms. The second-order valence-electron chi connectivity index (χ2n) is 4.47. The number of halogens is 2. The highest BCUT2D eigenvalue weighted by molar-refractivity contribution is 9.10. The monoisotopic (exact) mass is 322 g/mol. The van der Waals surface area contributed by atoms with Gasteiger partial charge in [0.05, 0.1) is 6.04 Å². The molecule has 2 rings (SSSR count). The van der Waals surface area contributed by atoms with Crippen LogP contribution in [0.5, 0.6) is 0 Å². The van der Waals surface area contributed by atoms with Crippen molar-refractivity contribution >= 4 is 21.6 Å². The lowest BCUT2D eigenvalue weighted by atomic mass is 10.1. The van der Waals surface area contributed by atoms with Gasteiger partial charge in [0.2, 0.25) is 0 Å². The molecule has 0 aliphatic carbocycles. The first kappa shape index (κ1) is 14.0. The van der Waals surface area contributed by atoms with Crippen LogP contribution in [0.4, 0.5) is 10.1 Å². The lowest BCUT2D eigenvalue weighted by Crippen LogP contribution is -2.21. The summed E-state index contributed by atoms with van der Waals surface area (Å²) in [6.07, 6.45) is 0. The van der Waals surface area contributed by atoms with Crippen molar-refractivity contribution in [3.63, 3.8) is 0 Å². The van der Waals surface area contributed by atoms with E-state index in [1.54, 1.807) is 12.1 Å². The SMILES string of the molecule is Cc1cccc(NC(CN)c2cc(Br)ccc2F)c1. The fraction of sp³-hybridized carbons (Fsp3) is 0.200. The van der Waals surface area contributed by atoms with Crippen LogP contribution >= 0.6 is 15.9 Å². The summed E-state index contributed by atoms with van der Waals surface area (Å²) in [6.45, 7) is 2.34. The molecule has 0 aliphatic rings. The number of anilines is 1. The first-order valence-electron chi connectivity index (χ1n) is 6.08. The van der Waals surface area contributed by atoms with Crippen molar-refractivity contribution in [1.29, 1.82) is 0 Å². The Balaban J connectivity index is 2.27. The average molecular weight is 323 g/mol. The van der Waals surface area contributed by atoms with Gasteiger partial charge in [-0.05, 0) is 42.8 Å². The molecule has 2 aromatic rings. The topological polar surface area (TPSA) is 38.0 Å². The Hall–Kier alpha value is -1.39. The molecule has 1 atom stereocenters. The van der Waals surface area contributed by atoms with Crippen LogP contribution in [0.15, 0.2) is 46.9 Å². The molecule has 0 saturated heterocycles. The summed E-state index contributed by atoms with van der Waals surface area (Å²) < 4.78 is 14.7. The first-order chi connectivity index (χ1) is 9.10. The maximum atomic E-state index is 13.9. The molecule has 0 radical (unpaired) electrons. The van der Waals surface area contributed by atoms with Crippen LogP contribution in [0.2, 0.25) is 0 Å². The smallest absolute Gasteiger partial charge is 0.128 e. The van der Waals surface area contributed by atoms with Crippen LogP contribution in [0.25, 0.3) is 0 Å². The van der Waals surface area contributed by atoms with E-state index in [9.17, 15) is 4.39 Å². The van der Waals surface area contributed by atoms with Crippen molar-refractivity contribution in [3.8, 4) is 0 Å². The van der Waals surface area contributed by atoms with E-state index in [1.807, 2.05) is 31.2 Å². The predicted octanol–water partition coefficient (Wildman–Crippen LogP) is 4.01. The van der Waals surface area contributed by atoms with Crippen molar-refractivity contribution in [3.05, 3.63) is 63.9 Å². The standard InChI is InChI=1S/C15H16BrFN2/c1-10-3-2-4-12(7-10)19-15(9-18)13-8-11(16)5-6-14(13)17/h2-8,15,19H,9,18H2,1H3. The summed E-state index contributed by atoms with van der Waals surface area (Å²) in [5.74, 6) is -0.251. The number of hydrogen-bond acceptors (Lipinski definition) is 2. The zero-order valence-corrected chi connectivity index (χ0v) is 12.2. The number of hydrogen-bond donors (Lipinski definition) is 2. The zero-order chi connectivity index (χ0) is 13.8. The Bertz CT molecular complexity index is 572.